The predicted molar refractivity (Wildman–Crippen MR) is 104 cm³/mol. The van der Waals surface area contributed by atoms with E-state index in [1.807, 2.05) is 30.3 Å². The molecule has 6 heteroatoms. The molecule has 0 saturated heterocycles. The number of hydrogen-bond acceptors (Lipinski definition) is 5. The first kappa shape index (κ1) is 17.9. The van der Waals surface area contributed by atoms with E-state index >= 15 is 0 Å². The van der Waals surface area contributed by atoms with Crippen LogP contribution in [0, 0.1) is 5.82 Å². The monoisotopic (exact) mass is 379 g/mol. The zero-order valence-corrected chi connectivity index (χ0v) is 15.7. The number of ether oxygens (including phenoxy) is 3. The van der Waals surface area contributed by atoms with Crippen LogP contribution in [0.25, 0.3) is 33.7 Å². The van der Waals surface area contributed by atoms with Crippen LogP contribution in [-0.2, 0) is 0 Å². The molecule has 28 heavy (non-hydrogen) atoms. The molecule has 0 saturated carbocycles. The van der Waals surface area contributed by atoms with Crippen LogP contribution >= 0.6 is 0 Å². The summed E-state index contributed by atoms with van der Waals surface area (Å²) in [6, 6.07) is 15.5. The highest BCUT2D eigenvalue weighted by atomic mass is 19.1. The van der Waals surface area contributed by atoms with Crippen molar-refractivity contribution in [1.82, 2.24) is 4.98 Å². The SMILES string of the molecule is COc1cc(-c2cccc3nc(-c4cccc(F)c4)oc23)cc(OC)c1OC. The minimum absolute atomic E-state index is 0.343. The van der Waals surface area contributed by atoms with Gasteiger partial charge in [-0.1, -0.05) is 18.2 Å². The Morgan fingerprint density at radius 1 is 0.821 bits per heavy atom. The molecule has 0 aliphatic rings. The van der Waals surface area contributed by atoms with Crippen molar-refractivity contribution in [3.63, 3.8) is 0 Å². The highest BCUT2D eigenvalue weighted by Gasteiger charge is 2.18. The number of hydrogen-bond donors (Lipinski definition) is 0. The Morgan fingerprint density at radius 3 is 2.18 bits per heavy atom. The van der Waals surface area contributed by atoms with Crippen molar-refractivity contribution in [3.05, 3.63) is 60.4 Å². The molecule has 0 fully saturated rings. The largest absolute Gasteiger partial charge is 0.493 e. The number of halogens is 1. The molecule has 4 rings (SSSR count). The van der Waals surface area contributed by atoms with E-state index in [1.54, 1.807) is 33.5 Å². The Bertz CT molecular complexity index is 1130. The van der Waals surface area contributed by atoms with Crippen LogP contribution in [0.4, 0.5) is 4.39 Å². The smallest absolute Gasteiger partial charge is 0.227 e. The molecule has 0 amide bonds. The number of aromatic nitrogens is 1. The van der Waals surface area contributed by atoms with Crippen molar-refractivity contribution in [3.8, 4) is 39.8 Å². The summed E-state index contributed by atoms with van der Waals surface area (Å²) in [5.74, 6) is 1.61. The molecule has 0 N–H and O–H groups in total. The third-order valence-corrected chi connectivity index (χ3v) is 4.46. The first-order valence-electron chi connectivity index (χ1n) is 8.60. The van der Waals surface area contributed by atoms with Gasteiger partial charge < -0.3 is 18.6 Å². The standard InChI is InChI=1S/C22H18FNO4/c1-25-18-11-14(12-19(26-2)21(18)27-3)16-8-5-9-17-20(16)28-22(24-17)13-6-4-7-15(23)10-13/h4-12H,1-3H3. The number of para-hydroxylation sites is 1. The normalized spacial score (nSPS) is 10.9. The second kappa shape index (κ2) is 7.23. The van der Waals surface area contributed by atoms with Crippen LogP contribution in [0.5, 0.6) is 17.2 Å². The minimum atomic E-state index is -0.343. The van der Waals surface area contributed by atoms with Crippen molar-refractivity contribution in [2.75, 3.05) is 21.3 Å². The number of benzene rings is 3. The van der Waals surface area contributed by atoms with Gasteiger partial charge in [0.15, 0.2) is 17.1 Å². The molecule has 0 atom stereocenters. The molecule has 4 aromatic rings. The summed E-state index contributed by atoms with van der Waals surface area (Å²) in [5, 5.41) is 0. The average Bonchev–Trinajstić information content (AvgIpc) is 3.17. The lowest BCUT2D eigenvalue weighted by Crippen LogP contribution is -1.95. The van der Waals surface area contributed by atoms with Crippen LogP contribution in [-0.4, -0.2) is 26.3 Å². The molecule has 0 aliphatic heterocycles. The van der Waals surface area contributed by atoms with E-state index in [0.717, 1.165) is 11.1 Å². The zero-order chi connectivity index (χ0) is 19.7. The molecule has 0 bridgehead atoms. The zero-order valence-electron chi connectivity index (χ0n) is 15.7. The van der Waals surface area contributed by atoms with Gasteiger partial charge in [0.25, 0.3) is 0 Å². The van der Waals surface area contributed by atoms with Gasteiger partial charge in [0.05, 0.1) is 21.3 Å². The van der Waals surface area contributed by atoms with E-state index in [4.69, 9.17) is 18.6 Å². The second-order valence-corrected chi connectivity index (χ2v) is 6.10. The van der Waals surface area contributed by atoms with Crippen LogP contribution < -0.4 is 14.2 Å². The fraction of sp³-hybridized carbons (Fsp3) is 0.136. The second-order valence-electron chi connectivity index (χ2n) is 6.10. The van der Waals surface area contributed by atoms with Gasteiger partial charge >= 0.3 is 0 Å². The Kier molecular flexibility index (Phi) is 4.61. The summed E-state index contributed by atoms with van der Waals surface area (Å²) in [5.41, 5.74) is 3.47. The number of oxazole rings is 1. The van der Waals surface area contributed by atoms with Gasteiger partial charge in [-0.05, 0) is 42.0 Å². The van der Waals surface area contributed by atoms with E-state index < -0.39 is 0 Å². The molecule has 3 aromatic carbocycles. The van der Waals surface area contributed by atoms with Gasteiger partial charge in [-0.15, -0.1) is 0 Å². The quantitative estimate of drug-likeness (QED) is 0.469. The summed E-state index contributed by atoms with van der Waals surface area (Å²) < 4.78 is 35.9. The molecular formula is C22H18FNO4. The lowest BCUT2D eigenvalue weighted by atomic mass is 10.0. The van der Waals surface area contributed by atoms with Crippen LogP contribution in [0.3, 0.4) is 0 Å². The van der Waals surface area contributed by atoms with E-state index in [9.17, 15) is 4.39 Å². The first-order chi connectivity index (χ1) is 13.6. The summed E-state index contributed by atoms with van der Waals surface area (Å²) in [6.07, 6.45) is 0. The van der Waals surface area contributed by atoms with Gasteiger partial charge in [-0.25, -0.2) is 9.37 Å². The van der Waals surface area contributed by atoms with Gasteiger partial charge in [0.1, 0.15) is 11.3 Å². The lowest BCUT2D eigenvalue weighted by molar-refractivity contribution is 0.324. The van der Waals surface area contributed by atoms with Crippen LogP contribution in [0.2, 0.25) is 0 Å². The maximum Gasteiger partial charge on any atom is 0.227 e. The maximum absolute atomic E-state index is 13.6. The van der Waals surface area contributed by atoms with E-state index in [2.05, 4.69) is 4.98 Å². The fourth-order valence-corrected chi connectivity index (χ4v) is 3.16. The Hall–Kier alpha value is -3.54. The highest BCUT2D eigenvalue weighted by molar-refractivity contribution is 5.92. The van der Waals surface area contributed by atoms with Crippen molar-refractivity contribution in [2.45, 2.75) is 0 Å². The minimum Gasteiger partial charge on any atom is -0.493 e. The maximum atomic E-state index is 13.6. The number of nitrogens with zero attached hydrogens (tertiary/aromatic N) is 1. The summed E-state index contributed by atoms with van der Waals surface area (Å²) in [7, 11) is 4.69. The molecular weight excluding hydrogens is 361 g/mol. The average molecular weight is 379 g/mol. The topological polar surface area (TPSA) is 53.7 Å². The Labute approximate surface area is 161 Å². The van der Waals surface area contributed by atoms with E-state index in [-0.39, 0.29) is 5.82 Å². The molecule has 1 aromatic heterocycles. The molecule has 0 spiro atoms. The number of rotatable bonds is 5. The third kappa shape index (κ3) is 3.03. The summed E-state index contributed by atoms with van der Waals surface area (Å²) in [4.78, 5) is 4.51. The van der Waals surface area contributed by atoms with Gasteiger partial charge in [0, 0.05) is 11.1 Å². The van der Waals surface area contributed by atoms with Gasteiger partial charge in [0.2, 0.25) is 11.6 Å². The van der Waals surface area contributed by atoms with Crippen molar-refractivity contribution >= 4 is 11.1 Å². The molecule has 142 valence electrons. The number of fused-ring (bicyclic) bond motifs is 1. The molecule has 0 radical (unpaired) electrons. The number of methoxy groups -OCH3 is 3. The molecule has 1 heterocycles. The third-order valence-electron chi connectivity index (χ3n) is 4.46. The summed E-state index contributed by atoms with van der Waals surface area (Å²) in [6.45, 7) is 0. The lowest BCUT2D eigenvalue weighted by Gasteiger charge is -2.14. The van der Waals surface area contributed by atoms with Gasteiger partial charge in [-0.3, -0.25) is 0 Å². The van der Waals surface area contributed by atoms with Crippen LogP contribution in [0.15, 0.2) is 59.0 Å². The first-order valence-corrected chi connectivity index (χ1v) is 8.60. The van der Waals surface area contributed by atoms with Crippen molar-refractivity contribution < 1.29 is 23.0 Å². The predicted octanol–water partition coefficient (Wildman–Crippen LogP) is 5.33. The summed E-state index contributed by atoms with van der Waals surface area (Å²) >= 11 is 0. The highest BCUT2D eigenvalue weighted by Crippen LogP contribution is 2.43. The molecule has 0 unspecified atom stereocenters. The van der Waals surface area contributed by atoms with Crippen LogP contribution in [0.1, 0.15) is 0 Å². The van der Waals surface area contributed by atoms with Gasteiger partial charge in [-0.2, -0.15) is 0 Å². The van der Waals surface area contributed by atoms with E-state index in [1.165, 1.54) is 12.1 Å². The Balaban J connectivity index is 1.90. The van der Waals surface area contributed by atoms with Crippen molar-refractivity contribution in [2.24, 2.45) is 0 Å². The molecule has 0 aliphatic carbocycles. The van der Waals surface area contributed by atoms with E-state index in [0.29, 0.717) is 39.8 Å². The molecule has 5 nitrogen and oxygen atoms in total. The Morgan fingerprint density at radius 2 is 1.54 bits per heavy atom. The fourth-order valence-electron chi connectivity index (χ4n) is 3.16. The van der Waals surface area contributed by atoms with Crippen molar-refractivity contribution in [1.29, 1.82) is 0 Å².